The van der Waals surface area contributed by atoms with E-state index in [-0.39, 0.29) is 5.88 Å². The molecule has 0 aromatic carbocycles. The summed E-state index contributed by atoms with van der Waals surface area (Å²) in [6.45, 7) is 5.73. The maximum Gasteiger partial charge on any atom is 0.422 e. The number of ether oxygens (including phenoxy) is 2. The third-order valence-corrected chi connectivity index (χ3v) is 5.75. The lowest BCUT2D eigenvalue weighted by Crippen LogP contribution is -2.32. The van der Waals surface area contributed by atoms with Crippen molar-refractivity contribution in [1.29, 1.82) is 0 Å². The number of alkyl halides is 3. The van der Waals surface area contributed by atoms with E-state index < -0.39 is 29.9 Å². The second-order valence-electron chi connectivity index (χ2n) is 8.88. The number of pyridine rings is 3. The number of cyclic esters (lactones) is 1. The third kappa shape index (κ3) is 4.47. The summed E-state index contributed by atoms with van der Waals surface area (Å²) >= 11 is 0. The Bertz CT molecular complexity index is 1270. The van der Waals surface area contributed by atoms with Crippen molar-refractivity contribution in [2.45, 2.75) is 51.4 Å². The number of hydrogen-bond donors (Lipinski definition) is 2. The van der Waals surface area contributed by atoms with Gasteiger partial charge in [-0.3, -0.25) is 0 Å². The molecule has 0 spiro atoms. The quantitative estimate of drug-likeness (QED) is 0.494. The normalized spacial score (nSPS) is 16.6. The lowest BCUT2D eigenvalue weighted by atomic mass is 9.88. The van der Waals surface area contributed by atoms with Gasteiger partial charge in [0.15, 0.2) is 6.61 Å². The Morgan fingerprint density at radius 1 is 1.15 bits per heavy atom. The number of esters is 1. The van der Waals surface area contributed by atoms with Gasteiger partial charge in [0.05, 0.1) is 10.9 Å². The van der Waals surface area contributed by atoms with Crippen molar-refractivity contribution in [3.05, 3.63) is 47.4 Å². The average molecular weight is 475 g/mol. The molecule has 180 valence electrons. The SMILES string of the molecule is CC[C@@](C)(N)c1cnc(OCC(F)(F)F)c2cnc(Nc3ccc4c(n3)C(C)(C)OC4=O)cc12. The van der Waals surface area contributed by atoms with Gasteiger partial charge in [-0.25, -0.2) is 19.7 Å². The Labute approximate surface area is 193 Å². The molecule has 0 aliphatic carbocycles. The Morgan fingerprint density at radius 2 is 1.88 bits per heavy atom. The van der Waals surface area contributed by atoms with Crippen LogP contribution in [-0.4, -0.2) is 33.7 Å². The van der Waals surface area contributed by atoms with E-state index in [9.17, 15) is 18.0 Å². The first-order valence-electron chi connectivity index (χ1n) is 10.6. The molecular formula is C23H24F3N5O3. The largest absolute Gasteiger partial charge is 0.468 e. The van der Waals surface area contributed by atoms with Crippen molar-refractivity contribution < 1.29 is 27.4 Å². The minimum absolute atomic E-state index is 0.185. The third-order valence-electron chi connectivity index (χ3n) is 5.75. The molecule has 8 nitrogen and oxygen atoms in total. The zero-order valence-corrected chi connectivity index (χ0v) is 19.1. The van der Waals surface area contributed by atoms with Crippen LogP contribution in [0.1, 0.15) is 55.7 Å². The Hall–Kier alpha value is -3.47. The summed E-state index contributed by atoms with van der Waals surface area (Å²) in [7, 11) is 0. The van der Waals surface area contributed by atoms with Crippen molar-refractivity contribution >= 4 is 28.4 Å². The van der Waals surface area contributed by atoms with Gasteiger partial charge >= 0.3 is 12.1 Å². The van der Waals surface area contributed by atoms with Crippen LogP contribution in [0.4, 0.5) is 24.8 Å². The predicted molar refractivity (Wildman–Crippen MR) is 119 cm³/mol. The minimum Gasteiger partial charge on any atom is -0.468 e. The van der Waals surface area contributed by atoms with E-state index >= 15 is 0 Å². The first-order valence-corrected chi connectivity index (χ1v) is 10.6. The molecule has 1 aliphatic rings. The van der Waals surface area contributed by atoms with Gasteiger partial charge in [-0.15, -0.1) is 0 Å². The Morgan fingerprint density at radius 3 is 2.56 bits per heavy atom. The fourth-order valence-electron chi connectivity index (χ4n) is 3.71. The molecule has 0 fully saturated rings. The fourth-order valence-corrected chi connectivity index (χ4v) is 3.71. The molecule has 0 bridgehead atoms. The number of nitrogens with zero attached hydrogens (tertiary/aromatic N) is 3. The van der Waals surface area contributed by atoms with Crippen LogP contribution in [0.2, 0.25) is 0 Å². The molecule has 11 heteroatoms. The van der Waals surface area contributed by atoms with Gasteiger partial charge in [0.25, 0.3) is 0 Å². The summed E-state index contributed by atoms with van der Waals surface area (Å²) in [4.78, 5) is 24.9. The van der Waals surface area contributed by atoms with Crippen molar-refractivity contribution in [2.75, 3.05) is 11.9 Å². The summed E-state index contributed by atoms with van der Waals surface area (Å²) in [5, 5.41) is 3.94. The number of aromatic nitrogens is 3. The molecule has 4 rings (SSSR count). The van der Waals surface area contributed by atoms with Crippen molar-refractivity contribution in [2.24, 2.45) is 5.73 Å². The number of carbonyl (C=O) groups is 1. The van der Waals surface area contributed by atoms with Gasteiger partial charge in [0, 0.05) is 17.9 Å². The molecule has 1 atom stereocenters. The van der Waals surface area contributed by atoms with Gasteiger partial charge < -0.3 is 20.5 Å². The highest BCUT2D eigenvalue weighted by atomic mass is 19.4. The molecule has 3 N–H and O–H groups in total. The first kappa shape index (κ1) is 23.7. The first-order chi connectivity index (χ1) is 15.8. The fraction of sp³-hybridized carbons (Fsp3) is 0.391. The molecule has 0 saturated carbocycles. The van der Waals surface area contributed by atoms with Crippen LogP contribution in [0.5, 0.6) is 5.88 Å². The highest BCUT2D eigenvalue weighted by molar-refractivity contribution is 5.94. The predicted octanol–water partition coefficient (Wildman–Crippen LogP) is 4.70. The topological polar surface area (TPSA) is 112 Å². The lowest BCUT2D eigenvalue weighted by molar-refractivity contribution is -0.153. The minimum atomic E-state index is -4.51. The van der Waals surface area contributed by atoms with Crippen LogP contribution < -0.4 is 15.8 Å². The highest BCUT2D eigenvalue weighted by Crippen LogP contribution is 2.37. The second-order valence-corrected chi connectivity index (χ2v) is 8.88. The molecule has 3 aromatic heterocycles. The standard InChI is InChI=1S/C23H24F3N5O3/c1-5-22(4,27)15-10-29-19(33-11-23(24,25)26)14-9-28-17(8-13(14)15)30-16-7-6-12-18(31-16)21(2,3)34-20(12)32/h6-10H,5,11,27H2,1-4H3,(H,28,30,31)/t22-/m1/s1. The van der Waals surface area contributed by atoms with E-state index in [1.807, 2.05) is 13.8 Å². The average Bonchev–Trinajstić information content (AvgIpc) is 2.99. The van der Waals surface area contributed by atoms with Crippen LogP contribution in [-0.2, 0) is 15.9 Å². The number of halogens is 3. The van der Waals surface area contributed by atoms with Crippen molar-refractivity contribution in [1.82, 2.24) is 15.0 Å². The van der Waals surface area contributed by atoms with Gasteiger partial charge in [-0.1, -0.05) is 6.92 Å². The number of nitrogens with two attached hydrogens (primary N) is 1. The van der Waals surface area contributed by atoms with Crippen molar-refractivity contribution in [3.63, 3.8) is 0 Å². The number of rotatable bonds is 6. The Balaban J connectivity index is 1.75. The maximum atomic E-state index is 12.7. The van der Waals surface area contributed by atoms with Gasteiger partial charge in [0.1, 0.15) is 22.9 Å². The van der Waals surface area contributed by atoms with E-state index in [1.165, 1.54) is 12.4 Å². The summed E-state index contributed by atoms with van der Waals surface area (Å²) in [5.74, 6) is 0.180. The van der Waals surface area contributed by atoms with Crippen LogP contribution in [0.3, 0.4) is 0 Å². The molecule has 1 aliphatic heterocycles. The van der Waals surface area contributed by atoms with E-state index in [4.69, 9.17) is 15.2 Å². The number of nitrogens with one attached hydrogen (secondary N) is 1. The van der Waals surface area contributed by atoms with E-state index in [2.05, 4.69) is 20.3 Å². The molecule has 4 heterocycles. The second kappa shape index (κ2) is 8.08. The van der Waals surface area contributed by atoms with Crippen LogP contribution >= 0.6 is 0 Å². The summed E-state index contributed by atoms with van der Waals surface area (Å²) in [6, 6.07) is 4.91. The molecule has 3 aromatic rings. The number of hydrogen-bond acceptors (Lipinski definition) is 8. The van der Waals surface area contributed by atoms with E-state index in [0.717, 1.165) is 0 Å². The van der Waals surface area contributed by atoms with Crippen LogP contribution in [0, 0.1) is 0 Å². The van der Waals surface area contributed by atoms with Gasteiger partial charge in [0.2, 0.25) is 5.88 Å². The van der Waals surface area contributed by atoms with E-state index in [1.54, 1.807) is 32.0 Å². The molecule has 0 unspecified atom stereocenters. The Kier molecular flexibility index (Phi) is 5.63. The van der Waals surface area contributed by atoms with Crippen LogP contribution in [0.25, 0.3) is 10.8 Å². The van der Waals surface area contributed by atoms with Crippen LogP contribution in [0.15, 0.2) is 30.6 Å². The maximum absolute atomic E-state index is 12.7. The molecule has 0 amide bonds. The monoisotopic (exact) mass is 475 g/mol. The zero-order chi connectivity index (χ0) is 24.9. The summed E-state index contributed by atoms with van der Waals surface area (Å²) < 4.78 is 48.4. The smallest absolute Gasteiger partial charge is 0.422 e. The zero-order valence-electron chi connectivity index (χ0n) is 19.1. The lowest BCUT2D eigenvalue weighted by Gasteiger charge is -2.25. The summed E-state index contributed by atoms with van der Waals surface area (Å²) in [6.07, 6.45) is -1.13. The number of anilines is 2. The van der Waals surface area contributed by atoms with Gasteiger partial charge in [-0.05, 0) is 56.3 Å². The number of fused-ring (bicyclic) bond motifs is 2. The number of carbonyl (C=O) groups excluding carboxylic acids is 1. The van der Waals surface area contributed by atoms with E-state index in [0.29, 0.717) is 45.6 Å². The molecule has 0 saturated heterocycles. The van der Waals surface area contributed by atoms with Crippen molar-refractivity contribution in [3.8, 4) is 5.88 Å². The molecular weight excluding hydrogens is 451 g/mol. The highest BCUT2D eigenvalue weighted by Gasteiger charge is 2.39. The molecule has 34 heavy (non-hydrogen) atoms. The van der Waals surface area contributed by atoms with Gasteiger partial charge in [-0.2, -0.15) is 13.2 Å². The molecule has 0 radical (unpaired) electrons. The summed E-state index contributed by atoms with van der Waals surface area (Å²) in [5.41, 5.74) is 6.31.